The first-order valence-corrected chi connectivity index (χ1v) is 4.29. The Labute approximate surface area is 74.6 Å². The maximum atomic E-state index is 9.73. The van der Waals surface area contributed by atoms with Gasteiger partial charge < -0.3 is 5.11 Å². The smallest absolute Gasteiger partial charge is 0.150 e. The van der Waals surface area contributed by atoms with Crippen molar-refractivity contribution < 1.29 is 5.11 Å². The molecule has 1 aliphatic rings. The lowest BCUT2D eigenvalue weighted by molar-refractivity contribution is -0.0938. The molecule has 0 aromatic rings. The highest BCUT2D eigenvalue weighted by Crippen LogP contribution is 2.27. The number of likely N-dealkylation sites (tertiary alicyclic amines) is 1. The first-order valence-electron chi connectivity index (χ1n) is 4.29. The van der Waals surface area contributed by atoms with Gasteiger partial charge in [-0.25, -0.2) is 0 Å². The van der Waals surface area contributed by atoms with E-state index in [4.69, 9.17) is 0 Å². The number of rotatable bonds is 0. The minimum Gasteiger partial charge on any atom is -0.375 e. The van der Waals surface area contributed by atoms with Crippen LogP contribution < -0.4 is 0 Å². The molecule has 1 rings (SSSR count). The SMILES string of the molecule is CC#CC1(O)CN(C(C)(C)C)C1. The molecule has 2 nitrogen and oxygen atoms in total. The van der Waals surface area contributed by atoms with E-state index in [0.29, 0.717) is 13.1 Å². The molecule has 68 valence electrons. The molecule has 1 heterocycles. The lowest BCUT2D eigenvalue weighted by atomic mass is 9.89. The Morgan fingerprint density at radius 3 is 2.17 bits per heavy atom. The number of nitrogens with zero attached hydrogens (tertiary/aromatic N) is 1. The Morgan fingerprint density at radius 2 is 1.83 bits per heavy atom. The van der Waals surface area contributed by atoms with Crippen molar-refractivity contribution in [2.75, 3.05) is 13.1 Å². The summed E-state index contributed by atoms with van der Waals surface area (Å²) in [6.07, 6.45) is 0. The highest BCUT2D eigenvalue weighted by Gasteiger charge is 2.44. The first-order chi connectivity index (χ1) is 5.37. The molecule has 0 aromatic carbocycles. The molecule has 1 fully saturated rings. The van der Waals surface area contributed by atoms with Crippen LogP contribution in [0.1, 0.15) is 27.7 Å². The molecule has 0 atom stereocenters. The average molecular weight is 167 g/mol. The maximum Gasteiger partial charge on any atom is 0.150 e. The fourth-order valence-electron chi connectivity index (χ4n) is 1.37. The lowest BCUT2D eigenvalue weighted by Gasteiger charge is -2.50. The third kappa shape index (κ3) is 1.80. The van der Waals surface area contributed by atoms with E-state index in [9.17, 15) is 5.11 Å². The predicted molar refractivity (Wildman–Crippen MR) is 49.7 cm³/mol. The van der Waals surface area contributed by atoms with Gasteiger partial charge in [0.05, 0.1) is 0 Å². The van der Waals surface area contributed by atoms with Crippen LogP contribution in [0.15, 0.2) is 0 Å². The number of hydrogen-bond acceptors (Lipinski definition) is 2. The Morgan fingerprint density at radius 1 is 1.33 bits per heavy atom. The van der Waals surface area contributed by atoms with Crippen molar-refractivity contribution in [1.82, 2.24) is 4.90 Å². The standard InChI is InChI=1S/C10H17NO/c1-5-6-10(12)7-11(8-10)9(2,3)4/h12H,7-8H2,1-4H3. The van der Waals surface area contributed by atoms with Crippen molar-refractivity contribution in [3.8, 4) is 11.8 Å². The largest absolute Gasteiger partial charge is 0.375 e. The van der Waals surface area contributed by atoms with Crippen LogP contribution in [0.25, 0.3) is 0 Å². The van der Waals surface area contributed by atoms with E-state index in [2.05, 4.69) is 37.5 Å². The fraction of sp³-hybridized carbons (Fsp3) is 0.800. The molecule has 1 aliphatic heterocycles. The highest BCUT2D eigenvalue weighted by molar-refractivity contribution is 5.20. The first kappa shape index (κ1) is 9.57. The molecule has 0 radical (unpaired) electrons. The fourth-order valence-corrected chi connectivity index (χ4v) is 1.37. The third-order valence-electron chi connectivity index (χ3n) is 2.21. The number of hydrogen-bond donors (Lipinski definition) is 1. The van der Waals surface area contributed by atoms with E-state index in [1.165, 1.54) is 0 Å². The monoisotopic (exact) mass is 167 g/mol. The van der Waals surface area contributed by atoms with Crippen LogP contribution in [0, 0.1) is 11.8 Å². The van der Waals surface area contributed by atoms with Gasteiger partial charge in [-0.1, -0.05) is 5.92 Å². The van der Waals surface area contributed by atoms with Gasteiger partial charge in [-0.3, -0.25) is 4.90 Å². The van der Waals surface area contributed by atoms with Crippen molar-refractivity contribution in [2.45, 2.75) is 38.8 Å². The summed E-state index contributed by atoms with van der Waals surface area (Å²) in [7, 11) is 0. The number of β-amino-alcohol motifs (C(OH)–C–C–N with tert-alkyl or cyclic N) is 1. The third-order valence-corrected chi connectivity index (χ3v) is 2.21. The van der Waals surface area contributed by atoms with Gasteiger partial charge in [0.15, 0.2) is 5.60 Å². The summed E-state index contributed by atoms with van der Waals surface area (Å²) in [6.45, 7) is 9.55. The van der Waals surface area contributed by atoms with E-state index in [1.807, 2.05) is 0 Å². The van der Waals surface area contributed by atoms with Crippen LogP contribution in [0.3, 0.4) is 0 Å². The van der Waals surface area contributed by atoms with Crippen LogP contribution in [0.2, 0.25) is 0 Å². The van der Waals surface area contributed by atoms with Gasteiger partial charge >= 0.3 is 0 Å². The van der Waals surface area contributed by atoms with E-state index in [-0.39, 0.29) is 5.54 Å². The van der Waals surface area contributed by atoms with Gasteiger partial charge in [0.1, 0.15) is 0 Å². The van der Waals surface area contributed by atoms with Crippen molar-refractivity contribution in [3.05, 3.63) is 0 Å². The Hall–Kier alpha value is -0.520. The molecule has 0 saturated carbocycles. The second kappa shape index (κ2) is 2.76. The molecule has 12 heavy (non-hydrogen) atoms. The summed E-state index contributed by atoms with van der Waals surface area (Å²) in [5.74, 6) is 5.58. The molecule has 0 aliphatic carbocycles. The Bertz CT molecular complexity index is 222. The topological polar surface area (TPSA) is 23.5 Å². The van der Waals surface area contributed by atoms with Crippen LogP contribution in [-0.4, -0.2) is 34.2 Å². The van der Waals surface area contributed by atoms with Crippen LogP contribution in [0.4, 0.5) is 0 Å². The van der Waals surface area contributed by atoms with Crippen molar-refractivity contribution in [2.24, 2.45) is 0 Å². The van der Waals surface area contributed by atoms with Gasteiger partial charge in [-0.15, -0.1) is 5.92 Å². The molecule has 1 N–H and O–H groups in total. The molecule has 0 aromatic heterocycles. The summed E-state index contributed by atoms with van der Waals surface area (Å²) in [6, 6.07) is 0. The quantitative estimate of drug-likeness (QED) is 0.541. The lowest BCUT2D eigenvalue weighted by Crippen LogP contribution is -2.66. The van der Waals surface area contributed by atoms with Gasteiger partial charge in [-0.05, 0) is 27.7 Å². The van der Waals surface area contributed by atoms with Crippen molar-refractivity contribution in [1.29, 1.82) is 0 Å². The molecule has 0 bridgehead atoms. The minimum absolute atomic E-state index is 0.154. The van der Waals surface area contributed by atoms with Gasteiger partial charge in [0.25, 0.3) is 0 Å². The second-order valence-electron chi connectivity index (χ2n) is 4.43. The Kier molecular flexibility index (Phi) is 2.20. The van der Waals surface area contributed by atoms with E-state index in [1.54, 1.807) is 6.92 Å². The molecular weight excluding hydrogens is 150 g/mol. The zero-order valence-electron chi connectivity index (χ0n) is 8.31. The summed E-state index contributed by atoms with van der Waals surface area (Å²) in [5.41, 5.74) is -0.580. The van der Waals surface area contributed by atoms with Crippen LogP contribution in [0.5, 0.6) is 0 Å². The van der Waals surface area contributed by atoms with Crippen molar-refractivity contribution >= 4 is 0 Å². The Balaban J connectivity index is 2.51. The van der Waals surface area contributed by atoms with Gasteiger partial charge in [0, 0.05) is 18.6 Å². The van der Waals surface area contributed by atoms with E-state index in [0.717, 1.165) is 0 Å². The molecule has 2 heteroatoms. The molecular formula is C10H17NO. The van der Waals surface area contributed by atoms with Crippen LogP contribution >= 0.6 is 0 Å². The zero-order chi connectivity index (χ0) is 9.41. The molecule has 1 saturated heterocycles. The van der Waals surface area contributed by atoms with Crippen LogP contribution in [-0.2, 0) is 0 Å². The molecule has 0 spiro atoms. The predicted octanol–water partition coefficient (Wildman–Crippen LogP) is 0.855. The molecule has 0 unspecified atom stereocenters. The summed E-state index contributed by atoms with van der Waals surface area (Å²) in [4.78, 5) is 2.22. The second-order valence-corrected chi connectivity index (χ2v) is 4.43. The zero-order valence-corrected chi connectivity index (χ0v) is 8.31. The minimum atomic E-state index is -0.734. The highest BCUT2D eigenvalue weighted by atomic mass is 16.3. The maximum absolute atomic E-state index is 9.73. The molecule has 0 amide bonds. The normalized spacial score (nSPS) is 22.4. The van der Waals surface area contributed by atoms with E-state index >= 15 is 0 Å². The summed E-state index contributed by atoms with van der Waals surface area (Å²) >= 11 is 0. The van der Waals surface area contributed by atoms with Gasteiger partial charge in [0.2, 0.25) is 0 Å². The summed E-state index contributed by atoms with van der Waals surface area (Å²) in [5, 5.41) is 9.73. The summed E-state index contributed by atoms with van der Waals surface area (Å²) < 4.78 is 0. The van der Waals surface area contributed by atoms with Gasteiger partial charge in [-0.2, -0.15) is 0 Å². The number of aliphatic hydroxyl groups is 1. The van der Waals surface area contributed by atoms with E-state index < -0.39 is 5.60 Å². The average Bonchev–Trinajstić information content (AvgIpc) is 1.81. The van der Waals surface area contributed by atoms with Crippen molar-refractivity contribution in [3.63, 3.8) is 0 Å².